The van der Waals surface area contributed by atoms with Crippen molar-refractivity contribution in [1.82, 2.24) is 29.7 Å². The van der Waals surface area contributed by atoms with E-state index < -0.39 is 5.82 Å². The van der Waals surface area contributed by atoms with Crippen LogP contribution in [-0.2, 0) is 11.3 Å². The zero-order chi connectivity index (χ0) is 30.3. The maximum Gasteiger partial charge on any atom is 0.247 e. The largest absolute Gasteiger partial charge is 0.508 e. The van der Waals surface area contributed by atoms with Crippen LogP contribution < -0.4 is 15.0 Å². The molecule has 1 aliphatic carbocycles. The molecule has 2 N–H and O–H groups in total. The molecule has 11 heteroatoms. The molecule has 1 saturated carbocycles. The van der Waals surface area contributed by atoms with Gasteiger partial charge in [-0.3, -0.25) is 0 Å². The molecule has 4 atom stereocenters. The maximum absolute atomic E-state index is 14.8. The van der Waals surface area contributed by atoms with Gasteiger partial charge in [-0.15, -0.1) is 6.42 Å². The van der Waals surface area contributed by atoms with Crippen molar-refractivity contribution in [2.75, 3.05) is 57.4 Å². The van der Waals surface area contributed by atoms with E-state index in [1.54, 1.807) is 24.5 Å². The molecule has 0 amide bonds. The number of piperazine rings is 1. The molecule has 232 valence electrons. The lowest BCUT2D eigenvalue weighted by Crippen LogP contribution is -2.44. The number of phenolic OH excluding ortho intramolecular Hbond substituents is 1. The van der Waals surface area contributed by atoms with E-state index in [1.807, 2.05) is 4.57 Å². The number of nitrogens with one attached hydrogen (secondary N) is 1. The first-order valence-corrected chi connectivity index (χ1v) is 16.0. The summed E-state index contributed by atoms with van der Waals surface area (Å²) in [6.45, 7) is 7.66. The molecule has 45 heavy (non-hydrogen) atoms. The van der Waals surface area contributed by atoms with Crippen molar-refractivity contribution in [3.05, 3.63) is 47.5 Å². The summed E-state index contributed by atoms with van der Waals surface area (Å²) in [5.74, 6) is 4.59. The van der Waals surface area contributed by atoms with Crippen molar-refractivity contribution < 1.29 is 19.0 Å². The molecule has 5 aliphatic rings. The van der Waals surface area contributed by atoms with E-state index in [1.165, 1.54) is 6.07 Å². The van der Waals surface area contributed by atoms with Gasteiger partial charge in [0.2, 0.25) is 11.8 Å². The Labute approximate surface area is 260 Å². The van der Waals surface area contributed by atoms with Gasteiger partial charge in [0.25, 0.3) is 0 Å². The van der Waals surface area contributed by atoms with Gasteiger partial charge in [0.15, 0.2) is 11.2 Å². The van der Waals surface area contributed by atoms with E-state index in [9.17, 15) is 9.50 Å². The number of rotatable bonds is 8. The van der Waals surface area contributed by atoms with Gasteiger partial charge in [-0.2, -0.15) is 9.97 Å². The van der Waals surface area contributed by atoms with Crippen molar-refractivity contribution >= 4 is 27.9 Å². The van der Waals surface area contributed by atoms with Crippen LogP contribution in [0.4, 0.5) is 10.3 Å². The average molecular weight is 610 g/mol. The van der Waals surface area contributed by atoms with Gasteiger partial charge in [0.05, 0.1) is 38.3 Å². The molecule has 2 aromatic heterocycles. The maximum atomic E-state index is 14.8. The van der Waals surface area contributed by atoms with Crippen LogP contribution >= 0.6 is 0 Å². The molecular formula is C34H36FN7O3. The Morgan fingerprint density at radius 2 is 2.00 bits per heavy atom. The van der Waals surface area contributed by atoms with Crippen LogP contribution in [0.15, 0.2) is 30.6 Å². The number of fused-ring (bicyclic) bond motifs is 5. The molecule has 0 radical (unpaired) electrons. The number of halogens is 1. The molecule has 6 heterocycles. The van der Waals surface area contributed by atoms with Crippen LogP contribution in [0.2, 0.25) is 0 Å². The Morgan fingerprint density at radius 1 is 1.16 bits per heavy atom. The van der Waals surface area contributed by atoms with Crippen LogP contribution in [0, 0.1) is 35.4 Å². The lowest BCUT2D eigenvalue weighted by Gasteiger charge is -2.28. The number of hydrogen-bond donors (Lipinski definition) is 2. The minimum Gasteiger partial charge on any atom is -0.508 e. The first kappa shape index (κ1) is 27.3. The van der Waals surface area contributed by atoms with E-state index in [0.29, 0.717) is 69.9 Å². The molecule has 9 rings (SSSR count). The predicted molar refractivity (Wildman–Crippen MR) is 167 cm³/mol. The van der Waals surface area contributed by atoms with E-state index in [0.717, 1.165) is 65.2 Å². The number of anilines is 1. The van der Waals surface area contributed by atoms with Crippen LogP contribution in [0.1, 0.15) is 30.4 Å². The topological polar surface area (TPSA) is 101 Å². The Kier molecular flexibility index (Phi) is 6.24. The van der Waals surface area contributed by atoms with Gasteiger partial charge in [0.1, 0.15) is 11.6 Å². The molecule has 5 fully saturated rings. The van der Waals surface area contributed by atoms with Crippen molar-refractivity contribution in [1.29, 1.82) is 0 Å². The minimum absolute atomic E-state index is 0.0836. The average Bonchev–Trinajstić information content (AvgIpc) is 3.60. The third kappa shape index (κ3) is 4.69. The number of ether oxygens (including phenoxy) is 2. The van der Waals surface area contributed by atoms with Gasteiger partial charge in [-0.25, -0.2) is 9.37 Å². The number of nitrogens with zero attached hydrogens (tertiary/aromatic N) is 6. The van der Waals surface area contributed by atoms with E-state index >= 15 is 0 Å². The number of imidazole rings is 1. The molecule has 0 unspecified atom stereocenters. The lowest BCUT2D eigenvalue weighted by molar-refractivity contribution is 0.133. The third-order valence-electron chi connectivity index (χ3n) is 10.7. The standard InChI is InChI=1S/C34H36FN7O3/c1-2-27-28(35)4-3-20-7-26(43)8-21(29(20)27)13-41-19-37-30-31(41)38-33(42-14-24-9-25(42)10-36-24)39-32(30)45-18-34(5-6-34)17-40-11-22-15-44-16-23(22)12-40/h1,3-4,7-8,19,22-25,36,43H,5-6,9-18H2/t22-,23+,24-,25-/m0/s1. The zero-order valence-corrected chi connectivity index (χ0v) is 25.1. The normalized spacial score (nSPS) is 26.6. The van der Waals surface area contributed by atoms with Gasteiger partial charge >= 0.3 is 0 Å². The molecule has 0 spiro atoms. The number of hydrogen-bond acceptors (Lipinski definition) is 9. The summed E-state index contributed by atoms with van der Waals surface area (Å²) in [6.07, 6.45) is 10.8. The van der Waals surface area contributed by atoms with Crippen LogP contribution in [0.3, 0.4) is 0 Å². The van der Waals surface area contributed by atoms with Gasteiger partial charge in [0, 0.05) is 67.4 Å². The fourth-order valence-corrected chi connectivity index (χ4v) is 8.15. The third-order valence-corrected chi connectivity index (χ3v) is 10.7. The fourth-order valence-electron chi connectivity index (χ4n) is 8.15. The first-order chi connectivity index (χ1) is 21.9. The zero-order valence-electron chi connectivity index (χ0n) is 25.1. The highest BCUT2D eigenvalue weighted by Gasteiger charge is 2.48. The highest BCUT2D eigenvalue weighted by Crippen LogP contribution is 2.48. The van der Waals surface area contributed by atoms with Gasteiger partial charge in [-0.1, -0.05) is 12.0 Å². The molecule has 10 nitrogen and oxygen atoms in total. The number of aromatic hydroxyl groups is 1. The molecule has 4 aliphatic heterocycles. The SMILES string of the molecule is C#Cc1c(F)ccc2cc(O)cc(Cn3cnc4c(OCC5(CN6C[C@H]7COC[C@H]7C6)CC5)nc(N5C[C@@H]6C[C@H]5CN6)nc43)c12. The van der Waals surface area contributed by atoms with E-state index in [2.05, 4.69) is 21.0 Å². The predicted octanol–water partition coefficient (Wildman–Crippen LogP) is 3.14. The van der Waals surface area contributed by atoms with Crippen molar-refractivity contribution in [3.63, 3.8) is 0 Å². The van der Waals surface area contributed by atoms with Gasteiger partial charge in [-0.05, 0) is 48.4 Å². The molecule has 2 bridgehead atoms. The molecule has 4 saturated heterocycles. The first-order valence-electron chi connectivity index (χ1n) is 16.0. The van der Waals surface area contributed by atoms with Crippen molar-refractivity contribution in [3.8, 4) is 24.0 Å². The second-order valence-corrected chi connectivity index (χ2v) is 13.8. The molecule has 4 aromatic rings. The Balaban J connectivity index is 1.05. The smallest absolute Gasteiger partial charge is 0.247 e. The Bertz CT molecular complexity index is 1850. The quantitative estimate of drug-likeness (QED) is 0.292. The van der Waals surface area contributed by atoms with E-state index in [4.69, 9.17) is 30.8 Å². The second kappa shape index (κ2) is 10.3. The molecular weight excluding hydrogens is 573 g/mol. The highest BCUT2D eigenvalue weighted by molar-refractivity contribution is 5.92. The summed E-state index contributed by atoms with van der Waals surface area (Å²) in [5.41, 5.74) is 2.22. The Hall–Kier alpha value is -3.98. The van der Waals surface area contributed by atoms with Crippen molar-refractivity contribution in [2.24, 2.45) is 17.3 Å². The summed E-state index contributed by atoms with van der Waals surface area (Å²) in [5, 5.41) is 15.4. The number of terminal acetylenes is 1. The number of benzene rings is 2. The second-order valence-electron chi connectivity index (χ2n) is 13.8. The molecule has 2 aromatic carbocycles. The minimum atomic E-state index is -0.468. The monoisotopic (exact) mass is 609 g/mol. The number of aromatic nitrogens is 4. The Morgan fingerprint density at radius 3 is 2.73 bits per heavy atom. The van der Waals surface area contributed by atoms with Gasteiger partial charge < -0.3 is 34.3 Å². The summed E-state index contributed by atoms with van der Waals surface area (Å²) >= 11 is 0. The van der Waals surface area contributed by atoms with Crippen LogP contribution in [-0.4, -0.2) is 94.2 Å². The summed E-state index contributed by atoms with van der Waals surface area (Å²) in [4.78, 5) is 19.6. The fraction of sp³-hybridized carbons (Fsp3) is 0.500. The van der Waals surface area contributed by atoms with E-state index in [-0.39, 0.29) is 23.3 Å². The van der Waals surface area contributed by atoms with Crippen LogP contribution in [0.25, 0.3) is 21.9 Å². The number of phenols is 1. The van der Waals surface area contributed by atoms with Crippen molar-refractivity contribution in [2.45, 2.75) is 37.9 Å². The summed E-state index contributed by atoms with van der Waals surface area (Å²) in [7, 11) is 0. The summed E-state index contributed by atoms with van der Waals surface area (Å²) in [6, 6.07) is 6.98. The lowest BCUT2D eigenvalue weighted by atomic mass is 9.98. The highest BCUT2D eigenvalue weighted by atomic mass is 19.1. The number of likely N-dealkylation sites (tertiary alicyclic amines) is 1. The summed E-state index contributed by atoms with van der Waals surface area (Å²) < 4.78 is 29.0. The van der Waals surface area contributed by atoms with Crippen LogP contribution in [0.5, 0.6) is 11.6 Å².